The summed E-state index contributed by atoms with van der Waals surface area (Å²) in [6.07, 6.45) is 1.91. The van der Waals surface area contributed by atoms with Crippen molar-refractivity contribution in [1.29, 1.82) is 0 Å². The molecule has 0 atom stereocenters. The summed E-state index contributed by atoms with van der Waals surface area (Å²) in [5.41, 5.74) is 14.3. The molecule has 0 saturated heterocycles. The molecule has 0 radical (unpaired) electrons. The Morgan fingerprint density at radius 1 is 0.561 bits per heavy atom. The molecule has 0 aliphatic rings. The van der Waals surface area contributed by atoms with E-state index in [2.05, 4.69) is 219 Å². The van der Waals surface area contributed by atoms with E-state index >= 15 is 0 Å². The molecule has 0 unspecified atom stereocenters. The Hall–Kier alpha value is -6.13. The summed E-state index contributed by atoms with van der Waals surface area (Å²) >= 11 is 1.78. The first-order valence-corrected chi connectivity index (χ1v) is 23.4. The fourth-order valence-corrected chi connectivity index (χ4v) is 10.3. The molecule has 0 spiro atoms. The number of para-hydroxylation sites is 1. The summed E-state index contributed by atoms with van der Waals surface area (Å²) in [6.45, 7) is 20.0. The molecule has 66 heavy (non-hydrogen) atoms. The van der Waals surface area contributed by atoms with Gasteiger partial charge in [0.2, 0.25) is 0 Å². The van der Waals surface area contributed by atoms with E-state index in [1.165, 1.54) is 15.6 Å². The van der Waals surface area contributed by atoms with Gasteiger partial charge in [0.1, 0.15) is 11.6 Å². The van der Waals surface area contributed by atoms with E-state index in [1.807, 2.05) is 12.3 Å². The number of pyridine rings is 1. The summed E-state index contributed by atoms with van der Waals surface area (Å²) in [5, 5.41) is 14.9. The van der Waals surface area contributed by atoms with Gasteiger partial charge in [-0.1, -0.05) is 188 Å². The second-order valence-corrected chi connectivity index (χ2v) is 21.5. The molecule has 3 heterocycles. The van der Waals surface area contributed by atoms with Crippen LogP contribution in [0.5, 0.6) is 5.75 Å². The summed E-state index contributed by atoms with van der Waals surface area (Å²) in [4.78, 5) is 10.7. The zero-order chi connectivity index (χ0) is 45.4. The molecular formula is C60H54N3OPtS-. The van der Waals surface area contributed by atoms with Crippen molar-refractivity contribution in [2.45, 2.75) is 78.6 Å². The molecule has 6 heteroatoms. The smallest absolute Gasteiger partial charge is 0.148 e. The third-order valence-electron chi connectivity index (χ3n) is 12.7. The number of phenolic OH excluding ortho intramolecular Hbond substituents is 1. The Morgan fingerprint density at radius 2 is 1.23 bits per heavy atom. The largest absolute Gasteiger partial charge is 0.507 e. The van der Waals surface area contributed by atoms with E-state index in [-0.39, 0.29) is 43.1 Å². The van der Waals surface area contributed by atoms with E-state index < -0.39 is 0 Å². The van der Waals surface area contributed by atoms with Crippen LogP contribution in [-0.4, -0.2) is 19.6 Å². The van der Waals surface area contributed by atoms with E-state index in [0.717, 1.165) is 82.6 Å². The summed E-state index contributed by atoms with van der Waals surface area (Å²) < 4.78 is 4.65. The molecule has 10 rings (SSSR count). The van der Waals surface area contributed by atoms with Gasteiger partial charge in [-0.3, -0.25) is 9.55 Å². The minimum atomic E-state index is -0.332. The van der Waals surface area contributed by atoms with Gasteiger partial charge in [0, 0.05) is 48.8 Å². The average molecular weight is 1060 g/mol. The molecule has 0 fully saturated rings. The van der Waals surface area contributed by atoms with Gasteiger partial charge in [-0.25, -0.2) is 4.98 Å². The molecule has 7 aromatic carbocycles. The van der Waals surface area contributed by atoms with Crippen LogP contribution in [-0.2, 0) is 37.3 Å². The normalized spacial score (nSPS) is 12.3. The van der Waals surface area contributed by atoms with Crippen LogP contribution in [0.3, 0.4) is 0 Å². The van der Waals surface area contributed by atoms with Gasteiger partial charge < -0.3 is 5.11 Å². The quantitative estimate of drug-likeness (QED) is 0.169. The number of hydrogen-bond donors (Lipinski definition) is 1. The summed E-state index contributed by atoms with van der Waals surface area (Å²) in [5.74, 6) is 0.933. The van der Waals surface area contributed by atoms with Crippen LogP contribution >= 0.6 is 11.3 Å². The second-order valence-electron chi connectivity index (χ2n) is 20.4. The van der Waals surface area contributed by atoms with Crippen LogP contribution in [0.2, 0.25) is 0 Å². The first-order valence-electron chi connectivity index (χ1n) is 22.5. The predicted octanol–water partition coefficient (Wildman–Crippen LogP) is 16.5. The average Bonchev–Trinajstić information content (AvgIpc) is 3.87. The van der Waals surface area contributed by atoms with Crippen LogP contribution in [0.15, 0.2) is 158 Å². The van der Waals surface area contributed by atoms with Gasteiger partial charge in [-0.2, -0.15) is 11.3 Å². The first-order chi connectivity index (χ1) is 31.0. The third kappa shape index (κ3) is 8.11. The fraction of sp³-hybridized carbons (Fsp3) is 0.200. The Bertz CT molecular complexity index is 3440. The van der Waals surface area contributed by atoms with E-state index in [1.54, 1.807) is 11.3 Å². The minimum Gasteiger partial charge on any atom is -0.507 e. The zero-order valence-corrected chi connectivity index (χ0v) is 42.1. The third-order valence-corrected chi connectivity index (χ3v) is 13.9. The van der Waals surface area contributed by atoms with Crippen LogP contribution in [0.1, 0.15) is 79.0 Å². The number of aromatic hydroxyl groups is 1. The van der Waals surface area contributed by atoms with Crippen LogP contribution in [0, 0.1) is 6.07 Å². The van der Waals surface area contributed by atoms with Crippen molar-refractivity contribution in [2.24, 2.45) is 0 Å². The Labute approximate surface area is 407 Å². The predicted molar refractivity (Wildman–Crippen MR) is 276 cm³/mol. The minimum absolute atomic E-state index is 0. The number of nitrogens with zero attached hydrogens (tertiary/aromatic N) is 3. The first kappa shape index (κ1) is 45.0. The maximum atomic E-state index is 12.6. The van der Waals surface area contributed by atoms with Gasteiger partial charge in [-0.05, 0) is 90.5 Å². The summed E-state index contributed by atoms with van der Waals surface area (Å²) in [7, 11) is 0. The standard InChI is InChI=1S/C60H54N3OS.Pt/c1-58(2,3)41-27-28-51(45(34-41)38-21-14-11-15-22-38)63-52-25-18-24-43(54(52)62-57(63)48-35-42(59(4,5)6)36-49(55(48)64)60(7,8)9)40-31-46-44-23-16-17-26-53(44)65-56(46)47(32-40)50-33-39(29-30-61-50)37-19-12-10-13-20-37;/h10-31,33-36,64H,1-9H3;/q-1;. The Balaban J connectivity index is 0.00000548. The van der Waals surface area contributed by atoms with Gasteiger partial charge >= 0.3 is 0 Å². The van der Waals surface area contributed by atoms with E-state index in [0.29, 0.717) is 11.4 Å². The number of phenols is 1. The molecular weight excluding hydrogens is 1010 g/mol. The second kappa shape index (κ2) is 16.9. The fourth-order valence-electron chi connectivity index (χ4n) is 9.07. The van der Waals surface area contributed by atoms with Gasteiger partial charge in [0.15, 0.2) is 0 Å². The van der Waals surface area contributed by atoms with Gasteiger partial charge in [0.25, 0.3) is 0 Å². The van der Waals surface area contributed by atoms with Crippen LogP contribution in [0.25, 0.3) is 92.9 Å². The topological polar surface area (TPSA) is 50.9 Å². The molecule has 332 valence electrons. The number of fused-ring (bicyclic) bond motifs is 4. The van der Waals surface area contributed by atoms with Crippen molar-refractivity contribution in [2.75, 3.05) is 0 Å². The van der Waals surface area contributed by atoms with Crippen molar-refractivity contribution in [3.8, 4) is 67.5 Å². The summed E-state index contributed by atoms with van der Waals surface area (Å²) in [6, 6.07) is 57.9. The van der Waals surface area contributed by atoms with Crippen molar-refractivity contribution in [1.82, 2.24) is 14.5 Å². The van der Waals surface area contributed by atoms with E-state index in [4.69, 9.17) is 9.97 Å². The molecule has 0 saturated carbocycles. The number of hydrogen-bond acceptors (Lipinski definition) is 4. The number of benzene rings is 7. The molecule has 0 aliphatic carbocycles. The molecule has 10 aromatic rings. The molecule has 3 aromatic heterocycles. The maximum Gasteiger partial charge on any atom is 0.148 e. The monoisotopic (exact) mass is 1060 g/mol. The number of aromatic nitrogens is 3. The molecule has 0 amide bonds. The Morgan fingerprint density at radius 3 is 1.92 bits per heavy atom. The van der Waals surface area contributed by atoms with Crippen molar-refractivity contribution >= 4 is 42.5 Å². The molecule has 0 aliphatic heterocycles. The molecule has 0 bridgehead atoms. The maximum absolute atomic E-state index is 12.6. The SMILES string of the molecule is CC(C)(C)c1ccc(-n2c(-c3cc(C(C)(C)C)cc(C(C)(C)C)c3O)nc3c(-c4[c-]c(-c5cc(-c6ccccc6)ccn5)c5sc6ccccc6c5c4)cccc32)c(-c2ccccc2)c1.[Pt]. The van der Waals surface area contributed by atoms with Crippen molar-refractivity contribution in [3.05, 3.63) is 181 Å². The van der Waals surface area contributed by atoms with Crippen LogP contribution < -0.4 is 0 Å². The number of thiophene rings is 1. The zero-order valence-electron chi connectivity index (χ0n) is 39.0. The number of rotatable bonds is 6. The van der Waals surface area contributed by atoms with Gasteiger partial charge in [-0.15, -0.1) is 17.7 Å². The molecule has 4 nitrogen and oxygen atoms in total. The van der Waals surface area contributed by atoms with Crippen LogP contribution in [0.4, 0.5) is 0 Å². The molecule has 1 N–H and O–H groups in total. The van der Waals surface area contributed by atoms with Crippen molar-refractivity contribution < 1.29 is 26.2 Å². The van der Waals surface area contributed by atoms with E-state index in [9.17, 15) is 5.11 Å². The number of imidazole rings is 1. The Kier molecular flexibility index (Phi) is 11.6. The van der Waals surface area contributed by atoms with Crippen molar-refractivity contribution in [3.63, 3.8) is 0 Å². The van der Waals surface area contributed by atoms with Gasteiger partial charge in [0.05, 0.1) is 22.3 Å².